The molecule has 1 aromatic rings. The second kappa shape index (κ2) is 5.01. The predicted molar refractivity (Wildman–Crippen MR) is 98.7 cm³/mol. The summed E-state index contributed by atoms with van der Waals surface area (Å²) in [6.45, 7) is 3.73. The molecule has 5 aliphatic rings. The van der Waals surface area contributed by atoms with E-state index in [1.807, 2.05) is 32.0 Å². The highest BCUT2D eigenvalue weighted by atomic mass is 16.4. The number of anilines is 1. The second-order valence-corrected chi connectivity index (χ2v) is 9.36. The van der Waals surface area contributed by atoms with E-state index < -0.39 is 28.7 Å². The lowest BCUT2D eigenvalue weighted by Crippen LogP contribution is -2.68. The standard InChI is InChI=1S/C21H22N2O5/c1-19(2)15-11(20-8-21(9-20,10-20)18(27)28)4-3-5-12(15)23(17(19)26)13-6-7-14(24)22-16(13)25/h3-5,13H,6-10H2,1-2H3,(H,27,28)(H,22,24,25). The maximum Gasteiger partial charge on any atom is 0.309 e. The Morgan fingerprint density at radius 1 is 1.18 bits per heavy atom. The molecule has 2 bridgehead atoms. The molecule has 28 heavy (non-hydrogen) atoms. The van der Waals surface area contributed by atoms with Crippen LogP contribution < -0.4 is 10.2 Å². The maximum absolute atomic E-state index is 13.3. The molecule has 0 spiro atoms. The van der Waals surface area contributed by atoms with Crippen LogP contribution in [0, 0.1) is 5.41 Å². The van der Waals surface area contributed by atoms with E-state index in [0.29, 0.717) is 25.7 Å². The maximum atomic E-state index is 13.3. The molecule has 1 unspecified atom stereocenters. The minimum atomic E-state index is -0.806. The van der Waals surface area contributed by atoms with Gasteiger partial charge in [0.25, 0.3) is 0 Å². The van der Waals surface area contributed by atoms with Gasteiger partial charge in [0.05, 0.1) is 10.8 Å². The molecule has 3 amide bonds. The summed E-state index contributed by atoms with van der Waals surface area (Å²) in [7, 11) is 0. The molecule has 2 N–H and O–H groups in total. The summed E-state index contributed by atoms with van der Waals surface area (Å²) in [5.74, 6) is -1.63. The van der Waals surface area contributed by atoms with Gasteiger partial charge < -0.3 is 5.11 Å². The quantitative estimate of drug-likeness (QED) is 0.773. The molecule has 6 rings (SSSR count). The van der Waals surface area contributed by atoms with Crippen molar-refractivity contribution in [1.82, 2.24) is 5.32 Å². The van der Waals surface area contributed by atoms with E-state index in [0.717, 1.165) is 16.8 Å². The minimum absolute atomic E-state index is 0.149. The predicted octanol–water partition coefficient (Wildman–Crippen LogP) is 1.62. The average Bonchev–Trinajstić information content (AvgIpc) is 2.73. The van der Waals surface area contributed by atoms with Crippen LogP contribution in [0.15, 0.2) is 18.2 Å². The SMILES string of the molecule is CC1(C)C(=O)N(C2CCC(=O)NC2=O)c2cccc(C34CC(C(=O)O)(C3)C4)c21. The van der Waals surface area contributed by atoms with E-state index >= 15 is 0 Å². The number of fused-ring (bicyclic) bond motifs is 1. The Balaban J connectivity index is 1.58. The number of carbonyl (C=O) groups excluding carboxylic acids is 3. The van der Waals surface area contributed by atoms with Gasteiger partial charge in [-0.1, -0.05) is 12.1 Å². The Labute approximate surface area is 162 Å². The summed E-state index contributed by atoms with van der Waals surface area (Å²) < 4.78 is 0. The van der Waals surface area contributed by atoms with Crippen LogP contribution in [-0.2, 0) is 30.0 Å². The molecule has 7 heteroatoms. The summed E-state index contributed by atoms with van der Waals surface area (Å²) >= 11 is 0. The highest BCUT2D eigenvalue weighted by Gasteiger charge is 2.73. The van der Waals surface area contributed by atoms with Crippen LogP contribution in [0.5, 0.6) is 0 Å². The number of amides is 3. The number of aliphatic carboxylic acids is 1. The third-order valence-electron chi connectivity index (χ3n) is 7.26. The Hall–Kier alpha value is -2.70. The average molecular weight is 382 g/mol. The molecule has 7 nitrogen and oxygen atoms in total. The van der Waals surface area contributed by atoms with Gasteiger partial charge in [-0.05, 0) is 62.1 Å². The Kier molecular flexibility index (Phi) is 3.12. The molecule has 1 atom stereocenters. The number of hydrogen-bond acceptors (Lipinski definition) is 4. The van der Waals surface area contributed by atoms with Gasteiger partial charge in [0.2, 0.25) is 17.7 Å². The van der Waals surface area contributed by atoms with Gasteiger partial charge in [-0.3, -0.25) is 29.4 Å². The number of carboxylic acid groups (broad SMARTS) is 1. The number of benzene rings is 1. The molecule has 0 radical (unpaired) electrons. The third kappa shape index (κ3) is 1.89. The first kappa shape index (κ1) is 17.4. The van der Waals surface area contributed by atoms with Crippen molar-refractivity contribution in [2.24, 2.45) is 5.41 Å². The van der Waals surface area contributed by atoms with Crippen LogP contribution in [0.2, 0.25) is 0 Å². The van der Waals surface area contributed by atoms with Crippen LogP contribution in [0.25, 0.3) is 0 Å². The molecule has 0 aromatic heterocycles. The molecule has 2 aliphatic heterocycles. The van der Waals surface area contributed by atoms with Gasteiger partial charge in [-0.25, -0.2) is 0 Å². The molecule has 3 saturated carbocycles. The number of piperidine rings is 1. The molecule has 3 aliphatic carbocycles. The van der Waals surface area contributed by atoms with E-state index in [1.165, 1.54) is 0 Å². The van der Waals surface area contributed by atoms with Crippen LogP contribution >= 0.6 is 0 Å². The number of nitrogens with zero attached hydrogens (tertiary/aromatic N) is 1. The molecule has 146 valence electrons. The van der Waals surface area contributed by atoms with Crippen molar-refractivity contribution in [3.05, 3.63) is 29.3 Å². The summed E-state index contributed by atoms with van der Waals surface area (Å²) in [6.07, 6.45) is 2.33. The Bertz CT molecular complexity index is 959. The van der Waals surface area contributed by atoms with Crippen LogP contribution in [0.4, 0.5) is 5.69 Å². The van der Waals surface area contributed by atoms with Crippen molar-refractivity contribution in [1.29, 1.82) is 0 Å². The van der Waals surface area contributed by atoms with Crippen molar-refractivity contribution in [3.8, 4) is 0 Å². The number of nitrogens with one attached hydrogen (secondary N) is 1. The van der Waals surface area contributed by atoms with Crippen LogP contribution in [0.3, 0.4) is 0 Å². The smallest absolute Gasteiger partial charge is 0.309 e. The van der Waals surface area contributed by atoms with Gasteiger partial charge in [0, 0.05) is 12.1 Å². The zero-order chi connectivity index (χ0) is 20.1. The number of rotatable bonds is 3. The summed E-state index contributed by atoms with van der Waals surface area (Å²) in [5.41, 5.74) is 1.08. The number of hydrogen-bond donors (Lipinski definition) is 2. The lowest BCUT2D eigenvalue weighted by atomic mass is 9.33. The Morgan fingerprint density at radius 3 is 2.46 bits per heavy atom. The van der Waals surface area contributed by atoms with E-state index in [9.17, 15) is 24.3 Å². The lowest BCUT2D eigenvalue weighted by molar-refractivity contribution is -0.194. The molecular formula is C21H22N2O5. The first-order valence-corrected chi connectivity index (χ1v) is 9.66. The van der Waals surface area contributed by atoms with Gasteiger partial charge in [0.15, 0.2) is 0 Å². The fraction of sp³-hybridized carbons (Fsp3) is 0.524. The summed E-state index contributed by atoms with van der Waals surface area (Å²) in [6, 6.07) is 5.05. The van der Waals surface area contributed by atoms with E-state index in [1.54, 1.807) is 4.90 Å². The van der Waals surface area contributed by atoms with Crippen molar-refractivity contribution in [3.63, 3.8) is 0 Å². The molecular weight excluding hydrogens is 360 g/mol. The third-order valence-corrected chi connectivity index (χ3v) is 7.26. The van der Waals surface area contributed by atoms with Crippen molar-refractivity contribution in [2.45, 2.75) is 62.8 Å². The molecule has 2 heterocycles. The van der Waals surface area contributed by atoms with E-state index in [4.69, 9.17) is 0 Å². The fourth-order valence-corrected chi connectivity index (χ4v) is 5.90. The summed E-state index contributed by atoms with van der Waals surface area (Å²) in [4.78, 5) is 50.4. The van der Waals surface area contributed by atoms with Gasteiger partial charge in [0.1, 0.15) is 6.04 Å². The largest absolute Gasteiger partial charge is 0.481 e. The first-order valence-electron chi connectivity index (χ1n) is 9.66. The molecule has 1 saturated heterocycles. The number of carbonyl (C=O) groups is 4. The number of imide groups is 1. The monoisotopic (exact) mass is 382 g/mol. The first-order chi connectivity index (χ1) is 13.1. The normalized spacial score (nSPS) is 35.0. The van der Waals surface area contributed by atoms with Crippen molar-refractivity contribution >= 4 is 29.4 Å². The molecule has 1 aromatic carbocycles. The molecule has 4 fully saturated rings. The topological polar surface area (TPSA) is 104 Å². The Morgan fingerprint density at radius 2 is 1.86 bits per heavy atom. The van der Waals surface area contributed by atoms with Crippen LogP contribution in [-0.4, -0.2) is 34.8 Å². The number of carboxylic acids is 1. The highest BCUT2D eigenvalue weighted by molar-refractivity contribution is 6.14. The van der Waals surface area contributed by atoms with E-state index in [2.05, 4.69) is 5.32 Å². The zero-order valence-corrected chi connectivity index (χ0v) is 15.9. The highest BCUT2D eigenvalue weighted by Crippen LogP contribution is 2.75. The summed E-state index contributed by atoms with van der Waals surface area (Å²) in [5, 5.41) is 11.8. The van der Waals surface area contributed by atoms with Crippen molar-refractivity contribution < 1.29 is 24.3 Å². The van der Waals surface area contributed by atoms with E-state index in [-0.39, 0.29) is 23.7 Å². The fourth-order valence-electron chi connectivity index (χ4n) is 5.90. The van der Waals surface area contributed by atoms with Gasteiger partial charge in [-0.2, -0.15) is 0 Å². The zero-order valence-electron chi connectivity index (χ0n) is 15.9. The van der Waals surface area contributed by atoms with Crippen molar-refractivity contribution in [2.75, 3.05) is 4.90 Å². The van der Waals surface area contributed by atoms with Gasteiger partial charge >= 0.3 is 5.97 Å². The lowest BCUT2D eigenvalue weighted by Gasteiger charge is -2.69. The van der Waals surface area contributed by atoms with Crippen LogP contribution in [0.1, 0.15) is 57.1 Å². The van der Waals surface area contributed by atoms with Gasteiger partial charge in [-0.15, -0.1) is 0 Å². The minimum Gasteiger partial charge on any atom is -0.481 e. The second-order valence-electron chi connectivity index (χ2n) is 9.36.